The van der Waals surface area contributed by atoms with Gasteiger partial charge in [-0.1, -0.05) is 40.1 Å². The molecule has 3 heterocycles. The molecule has 0 bridgehead atoms. The number of alkyl halides is 2. The van der Waals surface area contributed by atoms with E-state index in [9.17, 15) is 18.4 Å². The minimum absolute atomic E-state index is 0.172. The van der Waals surface area contributed by atoms with E-state index in [0.29, 0.717) is 18.7 Å². The number of aromatic nitrogens is 2. The Kier molecular flexibility index (Phi) is 6.69. The zero-order chi connectivity index (χ0) is 24.6. The van der Waals surface area contributed by atoms with Crippen molar-refractivity contribution < 1.29 is 18.4 Å². The molecule has 2 amide bonds. The van der Waals surface area contributed by atoms with Crippen molar-refractivity contribution in [1.82, 2.24) is 20.0 Å². The van der Waals surface area contributed by atoms with E-state index in [1.54, 1.807) is 28.4 Å². The fourth-order valence-corrected chi connectivity index (χ4v) is 5.67. The van der Waals surface area contributed by atoms with Crippen molar-refractivity contribution in [3.8, 4) is 11.1 Å². The standard InChI is InChI=1S/C24H25F2N4O2PS/c1-4-22(32)29-10-18(17-9-14(2)34-20(17)12-29)15-7-5-6-8-16(15)19-11-30(13-21(31)27-3)28-23(19)24(25,26)33/h4-9,11,18H,1,10,12-13,33H2,2-3H3,(H,27,31)/t18-/m0/s1. The minimum atomic E-state index is -3.29. The molecule has 34 heavy (non-hydrogen) atoms. The average molecular weight is 503 g/mol. The molecule has 4 rings (SSSR count). The van der Waals surface area contributed by atoms with Gasteiger partial charge in [0.1, 0.15) is 12.2 Å². The van der Waals surface area contributed by atoms with Gasteiger partial charge < -0.3 is 10.2 Å². The van der Waals surface area contributed by atoms with Crippen molar-refractivity contribution in [2.45, 2.75) is 31.6 Å². The zero-order valence-electron chi connectivity index (χ0n) is 18.8. The number of hydrogen-bond acceptors (Lipinski definition) is 4. The third-order valence-corrected chi connectivity index (χ3v) is 7.18. The van der Waals surface area contributed by atoms with Crippen molar-refractivity contribution in [3.63, 3.8) is 0 Å². The molecule has 10 heteroatoms. The second kappa shape index (κ2) is 9.39. The first-order valence-electron chi connectivity index (χ1n) is 10.7. The predicted octanol–water partition coefficient (Wildman–Crippen LogP) is 4.25. The van der Waals surface area contributed by atoms with E-state index >= 15 is 0 Å². The molecule has 2 atom stereocenters. The summed E-state index contributed by atoms with van der Waals surface area (Å²) in [5.41, 5.74) is -0.961. The van der Waals surface area contributed by atoms with Crippen LogP contribution in [-0.4, -0.2) is 40.1 Å². The quantitative estimate of drug-likeness (QED) is 0.405. The van der Waals surface area contributed by atoms with Gasteiger partial charge in [0.05, 0.1) is 6.54 Å². The first kappa shape index (κ1) is 24.2. The SMILES string of the molecule is C=CC(=O)N1Cc2sc(C)cc2[C@H](c2ccccc2-c2cn(CC(=O)NC)nc2C(F)(F)P)C1. The maximum atomic E-state index is 14.6. The molecular formula is C24H25F2N4O2PS. The van der Waals surface area contributed by atoms with Gasteiger partial charge in [-0.15, -0.1) is 11.3 Å². The van der Waals surface area contributed by atoms with Crippen molar-refractivity contribution in [2.24, 2.45) is 0 Å². The smallest absolute Gasteiger partial charge is 0.302 e. The van der Waals surface area contributed by atoms with Gasteiger partial charge in [-0.05, 0) is 35.8 Å². The van der Waals surface area contributed by atoms with E-state index < -0.39 is 11.4 Å². The molecule has 2 aromatic heterocycles. The van der Waals surface area contributed by atoms with Crippen molar-refractivity contribution in [3.05, 3.63) is 75.8 Å². The highest BCUT2D eigenvalue weighted by Crippen LogP contribution is 2.45. The molecule has 178 valence electrons. The maximum Gasteiger partial charge on any atom is 0.302 e. The second-order valence-corrected chi connectivity index (χ2v) is 10.2. The lowest BCUT2D eigenvalue weighted by Crippen LogP contribution is -2.37. The summed E-state index contributed by atoms with van der Waals surface area (Å²) in [5, 5.41) is 6.53. The number of nitrogens with zero attached hydrogens (tertiary/aromatic N) is 3. The molecule has 6 nitrogen and oxygen atoms in total. The lowest BCUT2D eigenvalue weighted by atomic mass is 9.83. The third-order valence-electron chi connectivity index (χ3n) is 5.85. The monoisotopic (exact) mass is 502 g/mol. The average Bonchev–Trinajstić information content (AvgIpc) is 3.40. The number of carbonyl (C=O) groups is 2. The number of nitrogens with one attached hydrogen (secondary N) is 1. The largest absolute Gasteiger partial charge is 0.358 e. The van der Waals surface area contributed by atoms with Crippen LogP contribution in [0.5, 0.6) is 0 Å². The highest BCUT2D eigenvalue weighted by Gasteiger charge is 2.36. The summed E-state index contributed by atoms with van der Waals surface area (Å²) in [6.07, 6.45) is 2.78. The Bertz CT molecular complexity index is 1260. The molecule has 0 spiro atoms. The van der Waals surface area contributed by atoms with Crippen LogP contribution in [0.3, 0.4) is 0 Å². The zero-order valence-corrected chi connectivity index (χ0v) is 20.8. The molecule has 1 aliphatic rings. The lowest BCUT2D eigenvalue weighted by molar-refractivity contribution is -0.127. The first-order chi connectivity index (χ1) is 16.1. The van der Waals surface area contributed by atoms with Crippen molar-refractivity contribution >= 4 is 32.4 Å². The number of rotatable bonds is 6. The van der Waals surface area contributed by atoms with E-state index in [1.165, 1.54) is 33.2 Å². The molecule has 0 aliphatic carbocycles. The Labute approximate surface area is 202 Å². The van der Waals surface area contributed by atoms with Crippen molar-refractivity contribution in [1.29, 1.82) is 0 Å². The molecule has 0 radical (unpaired) electrons. The summed E-state index contributed by atoms with van der Waals surface area (Å²) in [6.45, 7) is 6.36. The number of carbonyl (C=O) groups excluding carboxylic acids is 2. The van der Waals surface area contributed by atoms with Gasteiger partial charge in [-0.3, -0.25) is 14.3 Å². The Morgan fingerprint density at radius 3 is 2.74 bits per heavy atom. The highest BCUT2D eigenvalue weighted by molar-refractivity contribution is 7.17. The summed E-state index contributed by atoms with van der Waals surface area (Å²) in [7, 11) is 3.01. The normalized spacial score (nSPS) is 15.7. The minimum Gasteiger partial charge on any atom is -0.358 e. The number of amides is 2. The lowest BCUT2D eigenvalue weighted by Gasteiger charge is -2.33. The van der Waals surface area contributed by atoms with Crippen LogP contribution < -0.4 is 5.32 Å². The van der Waals surface area contributed by atoms with E-state index in [2.05, 4.69) is 23.1 Å². The molecule has 1 N–H and O–H groups in total. The molecular weight excluding hydrogens is 477 g/mol. The fraction of sp³-hybridized carbons (Fsp3) is 0.292. The van der Waals surface area contributed by atoms with E-state index in [1.807, 2.05) is 19.1 Å². The Morgan fingerprint density at radius 1 is 1.32 bits per heavy atom. The molecule has 1 aliphatic heterocycles. The summed E-state index contributed by atoms with van der Waals surface area (Å²) < 4.78 is 30.4. The number of halogens is 2. The fourth-order valence-electron chi connectivity index (χ4n) is 4.34. The maximum absolute atomic E-state index is 14.6. The van der Waals surface area contributed by atoms with E-state index in [0.717, 1.165) is 20.9 Å². The summed E-state index contributed by atoms with van der Waals surface area (Å²) in [6, 6.07) is 9.44. The summed E-state index contributed by atoms with van der Waals surface area (Å²) in [5.74, 6) is -0.720. The van der Waals surface area contributed by atoms with Crippen LogP contribution >= 0.6 is 20.6 Å². The molecule has 3 aromatic rings. The number of fused-ring (bicyclic) bond motifs is 1. The van der Waals surface area contributed by atoms with Crippen LogP contribution in [0.4, 0.5) is 8.78 Å². The number of thiophene rings is 1. The van der Waals surface area contributed by atoms with E-state index in [-0.39, 0.29) is 29.8 Å². The summed E-state index contributed by atoms with van der Waals surface area (Å²) >= 11 is 1.63. The van der Waals surface area contributed by atoms with Gasteiger partial charge in [0.15, 0.2) is 0 Å². The second-order valence-electron chi connectivity index (χ2n) is 8.18. The predicted molar refractivity (Wildman–Crippen MR) is 132 cm³/mol. The first-order valence-corrected chi connectivity index (χ1v) is 12.1. The highest BCUT2D eigenvalue weighted by atomic mass is 32.1. The topological polar surface area (TPSA) is 67.2 Å². The molecule has 0 saturated heterocycles. The summed E-state index contributed by atoms with van der Waals surface area (Å²) in [4.78, 5) is 28.3. The Hall–Kier alpha value is -2.90. The molecule has 1 aromatic carbocycles. The number of benzene rings is 1. The number of aryl methyl sites for hydroxylation is 1. The number of hydrogen-bond donors (Lipinski definition) is 1. The van der Waals surface area contributed by atoms with Gasteiger partial charge in [0.2, 0.25) is 11.8 Å². The van der Waals surface area contributed by atoms with Crippen LogP contribution in [0.1, 0.15) is 32.5 Å². The van der Waals surface area contributed by atoms with Crippen LogP contribution in [0.2, 0.25) is 0 Å². The van der Waals surface area contributed by atoms with Crippen LogP contribution in [-0.2, 0) is 28.3 Å². The van der Waals surface area contributed by atoms with Gasteiger partial charge in [-0.25, -0.2) is 0 Å². The number of likely N-dealkylation sites (N-methyl/N-ethyl adjacent to an activating group) is 1. The van der Waals surface area contributed by atoms with E-state index in [4.69, 9.17) is 0 Å². The Morgan fingerprint density at radius 2 is 2.06 bits per heavy atom. The van der Waals surface area contributed by atoms with Gasteiger partial charge >= 0.3 is 5.66 Å². The van der Waals surface area contributed by atoms with Gasteiger partial charge in [-0.2, -0.15) is 13.9 Å². The van der Waals surface area contributed by atoms with Gasteiger partial charge in [0, 0.05) is 41.0 Å². The Balaban J connectivity index is 1.87. The van der Waals surface area contributed by atoms with Crippen LogP contribution in [0.25, 0.3) is 11.1 Å². The van der Waals surface area contributed by atoms with Crippen molar-refractivity contribution in [2.75, 3.05) is 13.6 Å². The molecule has 0 saturated carbocycles. The molecule has 1 unspecified atom stereocenters. The van der Waals surface area contributed by atoms with Crippen LogP contribution in [0.15, 0.2) is 49.2 Å². The molecule has 0 fully saturated rings. The third kappa shape index (κ3) is 4.68. The van der Waals surface area contributed by atoms with Gasteiger partial charge in [0.25, 0.3) is 0 Å². The van der Waals surface area contributed by atoms with Crippen LogP contribution in [0, 0.1) is 6.92 Å².